The van der Waals surface area contributed by atoms with Crippen LogP contribution in [0.15, 0.2) is 11.1 Å². The quantitative estimate of drug-likeness (QED) is 0.104. The maximum absolute atomic E-state index is 13.6. The number of hydrogen-bond acceptors (Lipinski definition) is 1. The van der Waals surface area contributed by atoms with Gasteiger partial charge in [0, 0.05) is 55.9 Å². The monoisotopic (exact) mass is 814 g/mol. The van der Waals surface area contributed by atoms with Gasteiger partial charge in [-0.05, 0) is 68.3 Å². The number of halogens is 21. The molecule has 0 saturated carbocycles. The van der Waals surface area contributed by atoms with E-state index in [9.17, 15) is 102 Å². The van der Waals surface area contributed by atoms with Crippen LogP contribution in [-0.2, 0) is 4.79 Å². The summed E-state index contributed by atoms with van der Waals surface area (Å²) >= 11 is 0. The number of hydrogen-bond donors (Lipinski definition) is 1. The molecular formula is C29H35F21O2. The van der Waals surface area contributed by atoms with Gasteiger partial charge in [-0.25, -0.2) is 4.79 Å². The highest BCUT2D eigenvalue weighted by atomic mass is 19.4. The Kier molecular flexibility index (Phi) is 17.1. The number of carboxylic acids is 1. The van der Waals surface area contributed by atoms with Gasteiger partial charge in [-0.15, -0.1) is 0 Å². The second-order valence-electron chi connectivity index (χ2n) is 12.6. The third kappa shape index (κ3) is 20.3. The van der Waals surface area contributed by atoms with Crippen LogP contribution in [0.4, 0.5) is 92.2 Å². The van der Waals surface area contributed by atoms with Gasteiger partial charge in [0.05, 0.1) is 0 Å². The van der Waals surface area contributed by atoms with Crippen LogP contribution in [0.5, 0.6) is 0 Å². The Morgan fingerprint density at radius 2 is 0.635 bits per heavy atom. The minimum absolute atomic E-state index is 0.797. The van der Waals surface area contributed by atoms with E-state index in [1.165, 1.54) is 0 Å². The van der Waals surface area contributed by atoms with Gasteiger partial charge >= 0.3 is 49.2 Å². The summed E-state index contributed by atoms with van der Waals surface area (Å²) in [5, 5.41) is 10.4. The molecule has 310 valence electrons. The number of alkyl halides is 21. The first kappa shape index (κ1) is 49.7. The molecule has 0 rings (SSSR count). The predicted octanol–water partition coefficient (Wildman–Crippen LogP) is 13.8. The highest BCUT2D eigenvalue weighted by molar-refractivity contribution is 5.89. The van der Waals surface area contributed by atoms with E-state index in [2.05, 4.69) is 0 Å². The fraction of sp³-hybridized carbons (Fsp3) is 0.897. The first-order valence-corrected chi connectivity index (χ1v) is 15.3. The van der Waals surface area contributed by atoms with Gasteiger partial charge in [-0.3, -0.25) is 0 Å². The molecule has 1 atom stereocenters. The molecule has 2 nitrogen and oxygen atoms in total. The average Bonchev–Trinajstić information content (AvgIpc) is 2.89. The maximum Gasteiger partial charge on any atom is 0.389 e. The van der Waals surface area contributed by atoms with Crippen LogP contribution in [0, 0.1) is 16.7 Å². The van der Waals surface area contributed by atoms with Crippen molar-refractivity contribution in [1.82, 2.24) is 0 Å². The zero-order valence-electron chi connectivity index (χ0n) is 27.0. The van der Waals surface area contributed by atoms with E-state index in [0.29, 0.717) is 0 Å². The maximum atomic E-state index is 13.6. The fourth-order valence-corrected chi connectivity index (χ4v) is 6.24. The Morgan fingerprint density at radius 3 is 0.827 bits per heavy atom. The Hall–Kier alpha value is -2.26. The SMILES string of the molecule is CCC(CCC(F)(F)F)C(=C(C(=O)O)C(CCC(F)(F)F)(CCC(F)(F)F)CCC(F)(F)F)C(CCC(F)(F)F)(CCC(F)(F)F)CCC(F)(F)F. The van der Waals surface area contributed by atoms with Gasteiger partial charge in [0.2, 0.25) is 0 Å². The second-order valence-corrected chi connectivity index (χ2v) is 12.6. The molecule has 0 bridgehead atoms. The number of allylic oxidation sites excluding steroid dienone is 1. The van der Waals surface area contributed by atoms with Gasteiger partial charge in [0.15, 0.2) is 0 Å². The smallest absolute Gasteiger partial charge is 0.389 e. The Balaban J connectivity index is 9.02. The van der Waals surface area contributed by atoms with Gasteiger partial charge in [-0.2, -0.15) is 92.2 Å². The number of carbonyl (C=O) groups is 1. The van der Waals surface area contributed by atoms with Gasteiger partial charge in [0.1, 0.15) is 0 Å². The Bertz CT molecular complexity index is 1040. The summed E-state index contributed by atoms with van der Waals surface area (Å²) in [6.45, 7) is 0.797. The van der Waals surface area contributed by atoms with Gasteiger partial charge < -0.3 is 5.11 Å². The van der Waals surface area contributed by atoms with Crippen molar-refractivity contribution in [2.75, 3.05) is 0 Å². The molecule has 0 aromatic rings. The lowest BCUT2D eigenvalue weighted by Crippen LogP contribution is -2.40. The molecule has 23 heteroatoms. The highest BCUT2D eigenvalue weighted by Gasteiger charge is 2.53. The van der Waals surface area contributed by atoms with E-state index in [1.54, 1.807) is 0 Å². The van der Waals surface area contributed by atoms with Crippen molar-refractivity contribution in [2.24, 2.45) is 16.7 Å². The largest absolute Gasteiger partial charge is 0.478 e. The highest BCUT2D eigenvalue weighted by Crippen LogP contribution is 2.58. The third-order valence-corrected chi connectivity index (χ3v) is 8.58. The third-order valence-electron chi connectivity index (χ3n) is 8.58. The normalized spacial score (nSPS) is 15.9. The summed E-state index contributed by atoms with van der Waals surface area (Å²) in [6, 6.07) is 0. The van der Waals surface area contributed by atoms with Crippen molar-refractivity contribution in [3.05, 3.63) is 11.1 Å². The van der Waals surface area contributed by atoms with Crippen LogP contribution in [0.2, 0.25) is 0 Å². The predicted molar refractivity (Wildman–Crippen MR) is 140 cm³/mol. The fourth-order valence-electron chi connectivity index (χ4n) is 6.24. The minimum Gasteiger partial charge on any atom is -0.478 e. The molecule has 0 fully saturated rings. The molecule has 1 unspecified atom stereocenters. The summed E-state index contributed by atoms with van der Waals surface area (Å²) in [4.78, 5) is 13.0. The molecule has 0 heterocycles. The second kappa shape index (κ2) is 17.9. The van der Waals surface area contributed by atoms with Gasteiger partial charge in [-0.1, -0.05) is 6.92 Å². The van der Waals surface area contributed by atoms with Crippen LogP contribution >= 0.6 is 0 Å². The molecular weight excluding hydrogens is 779 g/mol. The van der Waals surface area contributed by atoms with Crippen LogP contribution in [0.3, 0.4) is 0 Å². The lowest BCUT2D eigenvalue weighted by molar-refractivity contribution is -0.162. The van der Waals surface area contributed by atoms with Crippen molar-refractivity contribution < 1.29 is 102 Å². The summed E-state index contributed by atoms with van der Waals surface area (Å²) < 4.78 is 285. The van der Waals surface area contributed by atoms with Gasteiger partial charge in [0.25, 0.3) is 0 Å². The Morgan fingerprint density at radius 1 is 0.404 bits per heavy atom. The zero-order valence-corrected chi connectivity index (χ0v) is 27.0. The topological polar surface area (TPSA) is 37.3 Å². The van der Waals surface area contributed by atoms with E-state index in [1.807, 2.05) is 0 Å². The molecule has 52 heavy (non-hydrogen) atoms. The van der Waals surface area contributed by atoms with Crippen LogP contribution < -0.4 is 0 Å². The number of aliphatic carboxylic acids is 1. The van der Waals surface area contributed by atoms with Crippen molar-refractivity contribution in [3.8, 4) is 0 Å². The zero-order chi connectivity index (χ0) is 41.4. The van der Waals surface area contributed by atoms with E-state index in [0.717, 1.165) is 6.92 Å². The van der Waals surface area contributed by atoms with E-state index in [4.69, 9.17) is 0 Å². The molecule has 0 radical (unpaired) electrons. The molecule has 1 N–H and O–H groups in total. The Labute approximate surface area is 283 Å². The van der Waals surface area contributed by atoms with E-state index < -0.39 is 173 Å². The molecule has 0 saturated heterocycles. The molecule has 0 aliphatic heterocycles. The summed E-state index contributed by atoms with van der Waals surface area (Å²) in [5.41, 5.74) is -11.0. The van der Waals surface area contributed by atoms with Crippen molar-refractivity contribution in [2.45, 2.75) is 146 Å². The average molecular weight is 815 g/mol. The molecule has 0 aromatic carbocycles. The van der Waals surface area contributed by atoms with Crippen LogP contribution in [0.25, 0.3) is 0 Å². The molecule has 0 spiro atoms. The molecule has 0 aliphatic carbocycles. The van der Waals surface area contributed by atoms with Crippen molar-refractivity contribution in [1.29, 1.82) is 0 Å². The number of carboxylic acid groups (broad SMARTS) is 1. The lowest BCUT2D eigenvalue weighted by Gasteiger charge is -2.46. The standard InChI is InChI=1S/C29H35F21O2/c1-2-17(3-4-23(30,31)32)18(21(5-11-24(33,34)35,6-12-25(36,37)38)7-13-26(39,40)41)19(20(51)52)22(8-14-27(42,43)44,9-15-28(45,46)47)10-16-29(48,49)50/h17H,2-16H2,1H3,(H,51,52). The van der Waals surface area contributed by atoms with Crippen molar-refractivity contribution >= 4 is 5.97 Å². The van der Waals surface area contributed by atoms with E-state index in [-0.39, 0.29) is 0 Å². The summed E-state index contributed by atoms with van der Waals surface area (Å²) in [5.74, 6) is -5.26. The summed E-state index contributed by atoms with van der Waals surface area (Å²) in [7, 11) is 0. The van der Waals surface area contributed by atoms with Crippen molar-refractivity contribution in [3.63, 3.8) is 0 Å². The molecule has 0 amide bonds. The van der Waals surface area contributed by atoms with E-state index >= 15 is 0 Å². The first-order chi connectivity index (χ1) is 22.9. The number of rotatable bonds is 19. The molecule has 0 aromatic heterocycles. The van der Waals surface area contributed by atoms with Crippen LogP contribution in [-0.4, -0.2) is 54.3 Å². The molecule has 0 aliphatic rings. The first-order valence-electron chi connectivity index (χ1n) is 15.3. The van der Waals surface area contributed by atoms with Crippen LogP contribution in [0.1, 0.15) is 103 Å². The summed E-state index contributed by atoms with van der Waals surface area (Å²) in [6.07, 6.45) is -69.9. The lowest BCUT2D eigenvalue weighted by atomic mass is 9.58. The minimum atomic E-state index is -5.54.